The number of hydrogen-bond donors (Lipinski definition) is 1. The van der Waals surface area contributed by atoms with Crippen LogP contribution in [0, 0.1) is 0 Å². The van der Waals surface area contributed by atoms with Crippen LogP contribution >= 0.6 is 0 Å². The summed E-state index contributed by atoms with van der Waals surface area (Å²) in [5.74, 6) is 0.711. The van der Waals surface area contributed by atoms with Crippen molar-refractivity contribution in [2.45, 2.75) is 20.0 Å². The fraction of sp³-hybridized carbons (Fsp3) is 0.211. The maximum atomic E-state index is 6.31. The number of hydrogen-bond acceptors (Lipinski definition) is 3. The number of aromatic nitrogens is 2. The van der Waals surface area contributed by atoms with Crippen LogP contribution in [0.15, 0.2) is 66.9 Å². The van der Waals surface area contributed by atoms with Crippen LogP contribution in [0.25, 0.3) is 5.69 Å². The third-order valence-electron chi connectivity index (χ3n) is 3.98. The molecule has 0 fully saturated rings. The average molecular weight is 306 g/mol. The normalized spacial score (nSPS) is 11.0. The van der Waals surface area contributed by atoms with E-state index in [1.807, 2.05) is 42.6 Å². The molecule has 4 heteroatoms. The Bertz CT molecular complexity index is 735. The molecule has 0 spiro atoms. The van der Waals surface area contributed by atoms with E-state index in [4.69, 9.17) is 5.73 Å². The van der Waals surface area contributed by atoms with Gasteiger partial charge < -0.3 is 5.73 Å². The van der Waals surface area contributed by atoms with Crippen molar-refractivity contribution in [3.05, 3.63) is 78.0 Å². The minimum Gasteiger partial charge on any atom is -0.383 e. The van der Waals surface area contributed by atoms with Crippen molar-refractivity contribution in [3.63, 3.8) is 0 Å². The lowest BCUT2D eigenvalue weighted by molar-refractivity contribution is 0.272. The second-order valence-corrected chi connectivity index (χ2v) is 5.59. The standard InChI is InChI=1S/C19H22N4/c1-2-22(14-16-9-5-3-6-10-16)15-17-13-21-23(19(17)20)18-11-7-4-8-12-18/h3-13H,2,14-15,20H2,1H3. The Morgan fingerprint density at radius 1 is 0.957 bits per heavy atom. The lowest BCUT2D eigenvalue weighted by Gasteiger charge is -2.20. The molecule has 0 aliphatic heterocycles. The molecular formula is C19H22N4. The largest absolute Gasteiger partial charge is 0.383 e. The van der Waals surface area contributed by atoms with Gasteiger partial charge >= 0.3 is 0 Å². The summed E-state index contributed by atoms with van der Waals surface area (Å²) in [6.07, 6.45) is 1.87. The zero-order valence-electron chi connectivity index (χ0n) is 13.4. The molecule has 1 aromatic heterocycles. The van der Waals surface area contributed by atoms with E-state index in [0.717, 1.165) is 30.9 Å². The van der Waals surface area contributed by atoms with Gasteiger partial charge in [0.25, 0.3) is 0 Å². The van der Waals surface area contributed by atoms with Crippen molar-refractivity contribution in [2.75, 3.05) is 12.3 Å². The van der Waals surface area contributed by atoms with E-state index in [9.17, 15) is 0 Å². The molecule has 0 saturated carbocycles. The predicted molar refractivity (Wildman–Crippen MR) is 94.2 cm³/mol. The van der Waals surface area contributed by atoms with Crippen molar-refractivity contribution in [1.82, 2.24) is 14.7 Å². The summed E-state index contributed by atoms with van der Waals surface area (Å²) in [6, 6.07) is 20.5. The Morgan fingerprint density at radius 2 is 1.61 bits per heavy atom. The minimum absolute atomic E-state index is 0.711. The van der Waals surface area contributed by atoms with Crippen LogP contribution in [0.2, 0.25) is 0 Å². The van der Waals surface area contributed by atoms with Gasteiger partial charge in [0, 0.05) is 18.7 Å². The van der Waals surface area contributed by atoms with E-state index in [1.165, 1.54) is 5.56 Å². The summed E-state index contributed by atoms with van der Waals surface area (Å²) in [5, 5.41) is 4.45. The molecule has 0 aliphatic rings. The molecule has 2 N–H and O–H groups in total. The molecule has 3 rings (SSSR count). The van der Waals surface area contributed by atoms with E-state index in [0.29, 0.717) is 5.82 Å². The van der Waals surface area contributed by atoms with Crippen molar-refractivity contribution in [3.8, 4) is 5.69 Å². The van der Waals surface area contributed by atoms with E-state index in [1.54, 1.807) is 4.68 Å². The second-order valence-electron chi connectivity index (χ2n) is 5.59. The van der Waals surface area contributed by atoms with Crippen LogP contribution in [0.1, 0.15) is 18.1 Å². The highest BCUT2D eigenvalue weighted by Gasteiger charge is 2.12. The molecule has 4 nitrogen and oxygen atoms in total. The van der Waals surface area contributed by atoms with Gasteiger partial charge in [-0.25, -0.2) is 4.68 Å². The topological polar surface area (TPSA) is 47.1 Å². The van der Waals surface area contributed by atoms with Crippen LogP contribution in [-0.2, 0) is 13.1 Å². The highest BCUT2D eigenvalue weighted by molar-refractivity contribution is 5.46. The molecule has 0 saturated heterocycles. The Labute approximate surface area is 137 Å². The Morgan fingerprint density at radius 3 is 2.26 bits per heavy atom. The number of anilines is 1. The minimum atomic E-state index is 0.711. The maximum Gasteiger partial charge on any atom is 0.131 e. The first kappa shape index (κ1) is 15.3. The van der Waals surface area contributed by atoms with Gasteiger partial charge in [0.05, 0.1) is 11.9 Å². The summed E-state index contributed by atoms with van der Waals surface area (Å²) in [5.41, 5.74) is 9.66. The lowest BCUT2D eigenvalue weighted by atomic mass is 10.2. The van der Waals surface area contributed by atoms with Gasteiger partial charge in [0.15, 0.2) is 0 Å². The Kier molecular flexibility index (Phi) is 4.74. The molecule has 0 aliphatic carbocycles. The molecule has 0 amide bonds. The van der Waals surface area contributed by atoms with Crippen LogP contribution in [-0.4, -0.2) is 21.2 Å². The van der Waals surface area contributed by atoms with Gasteiger partial charge in [-0.1, -0.05) is 55.5 Å². The average Bonchev–Trinajstić information content (AvgIpc) is 2.96. The fourth-order valence-electron chi connectivity index (χ4n) is 2.65. The monoisotopic (exact) mass is 306 g/mol. The SMILES string of the molecule is CCN(Cc1ccccc1)Cc1cnn(-c2ccccc2)c1N. The molecule has 0 unspecified atom stereocenters. The van der Waals surface area contributed by atoms with E-state index in [2.05, 4.69) is 41.2 Å². The van der Waals surface area contributed by atoms with Gasteiger partial charge in [0.1, 0.15) is 5.82 Å². The quantitative estimate of drug-likeness (QED) is 0.758. The number of benzene rings is 2. The number of para-hydroxylation sites is 1. The van der Waals surface area contributed by atoms with Crippen LogP contribution in [0.4, 0.5) is 5.82 Å². The summed E-state index contributed by atoms with van der Waals surface area (Å²) in [6.45, 7) is 4.84. The predicted octanol–water partition coefficient (Wildman–Crippen LogP) is 3.48. The third-order valence-corrected chi connectivity index (χ3v) is 3.98. The third kappa shape index (κ3) is 3.60. The van der Waals surface area contributed by atoms with Gasteiger partial charge in [-0.15, -0.1) is 0 Å². The lowest BCUT2D eigenvalue weighted by Crippen LogP contribution is -2.22. The molecule has 2 aromatic carbocycles. The van der Waals surface area contributed by atoms with Gasteiger partial charge in [-0.2, -0.15) is 5.10 Å². The summed E-state index contributed by atoms with van der Waals surface area (Å²) in [7, 11) is 0. The van der Waals surface area contributed by atoms with Crippen LogP contribution < -0.4 is 5.73 Å². The summed E-state index contributed by atoms with van der Waals surface area (Å²) >= 11 is 0. The zero-order valence-corrected chi connectivity index (χ0v) is 13.4. The highest BCUT2D eigenvalue weighted by atomic mass is 15.3. The number of nitrogens with zero attached hydrogens (tertiary/aromatic N) is 3. The van der Waals surface area contributed by atoms with Crippen molar-refractivity contribution in [1.29, 1.82) is 0 Å². The first-order valence-electron chi connectivity index (χ1n) is 7.92. The van der Waals surface area contributed by atoms with Crippen LogP contribution in [0.5, 0.6) is 0 Å². The first-order valence-corrected chi connectivity index (χ1v) is 7.92. The molecule has 3 aromatic rings. The second kappa shape index (κ2) is 7.11. The number of nitrogens with two attached hydrogens (primary N) is 1. The van der Waals surface area contributed by atoms with Crippen molar-refractivity contribution in [2.24, 2.45) is 0 Å². The molecule has 118 valence electrons. The molecule has 23 heavy (non-hydrogen) atoms. The molecule has 0 bridgehead atoms. The number of rotatable bonds is 6. The van der Waals surface area contributed by atoms with E-state index >= 15 is 0 Å². The van der Waals surface area contributed by atoms with E-state index in [-0.39, 0.29) is 0 Å². The molecular weight excluding hydrogens is 284 g/mol. The summed E-state index contributed by atoms with van der Waals surface area (Å²) < 4.78 is 1.80. The molecule has 0 atom stereocenters. The van der Waals surface area contributed by atoms with Gasteiger partial charge in [-0.05, 0) is 24.2 Å². The Balaban J connectivity index is 1.76. The highest BCUT2D eigenvalue weighted by Crippen LogP contribution is 2.19. The van der Waals surface area contributed by atoms with Crippen molar-refractivity contribution < 1.29 is 0 Å². The van der Waals surface area contributed by atoms with Gasteiger partial charge in [0.2, 0.25) is 0 Å². The smallest absolute Gasteiger partial charge is 0.131 e. The molecule has 0 radical (unpaired) electrons. The zero-order chi connectivity index (χ0) is 16.1. The van der Waals surface area contributed by atoms with Crippen LogP contribution in [0.3, 0.4) is 0 Å². The fourth-order valence-corrected chi connectivity index (χ4v) is 2.65. The number of nitrogen functional groups attached to an aromatic ring is 1. The Hall–Kier alpha value is -2.59. The van der Waals surface area contributed by atoms with Crippen molar-refractivity contribution >= 4 is 5.82 Å². The summed E-state index contributed by atoms with van der Waals surface area (Å²) in [4.78, 5) is 2.36. The van der Waals surface area contributed by atoms with E-state index < -0.39 is 0 Å². The molecule has 1 heterocycles. The maximum absolute atomic E-state index is 6.31. The van der Waals surface area contributed by atoms with Gasteiger partial charge in [-0.3, -0.25) is 4.90 Å². The first-order chi connectivity index (χ1) is 11.3.